The number of aryl methyl sites for hydroxylation is 1. The number of nitrogens with one attached hydrogen (secondary N) is 1. The Kier molecular flexibility index (Phi) is 5.98. The van der Waals surface area contributed by atoms with Crippen molar-refractivity contribution in [1.29, 1.82) is 0 Å². The molecule has 2 atom stereocenters. The van der Waals surface area contributed by atoms with Crippen LogP contribution >= 0.6 is 11.8 Å². The lowest BCUT2D eigenvalue weighted by atomic mass is 10.1. The van der Waals surface area contributed by atoms with Gasteiger partial charge in [-0.1, -0.05) is 11.8 Å². The molecule has 28 heavy (non-hydrogen) atoms. The molecule has 0 aromatic carbocycles. The van der Waals surface area contributed by atoms with Gasteiger partial charge in [-0.2, -0.15) is 0 Å². The summed E-state index contributed by atoms with van der Waals surface area (Å²) in [6, 6.07) is 4.33. The average molecular weight is 407 g/mol. The molecule has 0 spiro atoms. The number of rotatable bonds is 8. The molecule has 0 radical (unpaired) electrons. The SMILES string of the molecule is Cc1ccc(C(CNC(=O)C(C)Sc2nnnn2C2CC2)N2CCOCC2)o1. The van der Waals surface area contributed by atoms with Crippen LogP contribution in [0.15, 0.2) is 21.7 Å². The van der Waals surface area contributed by atoms with Gasteiger partial charge in [-0.05, 0) is 49.2 Å². The molecule has 1 aliphatic carbocycles. The van der Waals surface area contributed by atoms with Gasteiger partial charge in [0.25, 0.3) is 0 Å². The molecular weight excluding hydrogens is 380 g/mol. The molecule has 1 aliphatic heterocycles. The van der Waals surface area contributed by atoms with Crippen LogP contribution in [0.2, 0.25) is 0 Å². The number of amides is 1. The van der Waals surface area contributed by atoms with Crippen molar-refractivity contribution in [3.05, 3.63) is 23.7 Å². The van der Waals surface area contributed by atoms with Gasteiger partial charge in [-0.15, -0.1) is 5.10 Å². The smallest absolute Gasteiger partial charge is 0.233 e. The summed E-state index contributed by atoms with van der Waals surface area (Å²) in [7, 11) is 0. The van der Waals surface area contributed by atoms with Gasteiger partial charge >= 0.3 is 0 Å². The number of hydrogen-bond acceptors (Lipinski definition) is 8. The molecule has 1 saturated heterocycles. The highest BCUT2D eigenvalue weighted by atomic mass is 32.2. The van der Waals surface area contributed by atoms with Crippen LogP contribution in [0.1, 0.15) is 43.4 Å². The van der Waals surface area contributed by atoms with E-state index in [4.69, 9.17) is 9.15 Å². The molecular formula is C18H26N6O3S. The van der Waals surface area contributed by atoms with E-state index in [0.717, 1.165) is 37.5 Å². The van der Waals surface area contributed by atoms with Crippen molar-refractivity contribution in [2.75, 3.05) is 32.8 Å². The third kappa shape index (κ3) is 4.56. The lowest BCUT2D eigenvalue weighted by Gasteiger charge is -2.33. The predicted octanol–water partition coefficient (Wildman–Crippen LogP) is 1.58. The number of furan rings is 1. The minimum absolute atomic E-state index is 0.00414. The Balaban J connectivity index is 1.37. The van der Waals surface area contributed by atoms with E-state index in [-0.39, 0.29) is 17.2 Å². The van der Waals surface area contributed by atoms with Crippen LogP contribution in [0, 0.1) is 6.92 Å². The fourth-order valence-corrected chi connectivity index (χ4v) is 4.18. The van der Waals surface area contributed by atoms with Gasteiger partial charge in [0, 0.05) is 19.6 Å². The fraction of sp³-hybridized carbons (Fsp3) is 0.667. The fourth-order valence-electron chi connectivity index (χ4n) is 3.30. The van der Waals surface area contributed by atoms with Gasteiger partial charge < -0.3 is 14.5 Å². The molecule has 2 aromatic rings. The van der Waals surface area contributed by atoms with Crippen molar-refractivity contribution in [3.8, 4) is 0 Å². The summed E-state index contributed by atoms with van der Waals surface area (Å²) < 4.78 is 13.2. The highest BCUT2D eigenvalue weighted by molar-refractivity contribution is 8.00. The first-order chi connectivity index (χ1) is 13.6. The molecule has 152 valence electrons. The number of hydrogen-bond donors (Lipinski definition) is 1. The van der Waals surface area contributed by atoms with Crippen LogP contribution in [-0.2, 0) is 9.53 Å². The van der Waals surface area contributed by atoms with E-state index in [2.05, 4.69) is 25.7 Å². The Morgan fingerprint density at radius 3 is 2.82 bits per heavy atom. The second-order valence-corrected chi connectivity index (χ2v) is 8.56. The Morgan fingerprint density at radius 2 is 2.14 bits per heavy atom. The Labute approximate surface area is 168 Å². The lowest BCUT2D eigenvalue weighted by Crippen LogP contribution is -2.44. The largest absolute Gasteiger partial charge is 0.465 e. The van der Waals surface area contributed by atoms with Crippen LogP contribution in [0.4, 0.5) is 0 Å². The van der Waals surface area contributed by atoms with Crippen molar-refractivity contribution in [2.45, 2.75) is 49.2 Å². The topological polar surface area (TPSA) is 98.3 Å². The van der Waals surface area contributed by atoms with E-state index >= 15 is 0 Å². The second kappa shape index (κ2) is 8.62. The molecule has 2 aliphatic rings. The minimum Gasteiger partial charge on any atom is -0.465 e. The van der Waals surface area contributed by atoms with Gasteiger partial charge in [0.15, 0.2) is 0 Å². The van der Waals surface area contributed by atoms with Crippen LogP contribution in [0.5, 0.6) is 0 Å². The normalized spacial score (nSPS) is 20.1. The van der Waals surface area contributed by atoms with Gasteiger partial charge in [0.1, 0.15) is 11.5 Å². The molecule has 2 aromatic heterocycles. The highest BCUT2D eigenvalue weighted by Gasteiger charge is 2.30. The quantitative estimate of drug-likeness (QED) is 0.660. The van der Waals surface area contributed by atoms with Crippen LogP contribution in [-0.4, -0.2) is 69.1 Å². The highest BCUT2D eigenvalue weighted by Crippen LogP contribution is 2.37. The maximum Gasteiger partial charge on any atom is 0.233 e. The zero-order valence-electron chi connectivity index (χ0n) is 16.2. The molecule has 2 unspecified atom stereocenters. The number of carbonyl (C=O) groups excluding carboxylic acids is 1. The van der Waals surface area contributed by atoms with Gasteiger partial charge in [-0.3, -0.25) is 9.69 Å². The first-order valence-corrected chi connectivity index (χ1v) is 10.6. The van der Waals surface area contributed by atoms with E-state index < -0.39 is 0 Å². The second-order valence-electron chi connectivity index (χ2n) is 7.25. The summed E-state index contributed by atoms with van der Waals surface area (Å²) in [5, 5.41) is 15.4. The van der Waals surface area contributed by atoms with E-state index in [1.165, 1.54) is 11.8 Å². The van der Waals surface area contributed by atoms with Crippen molar-refractivity contribution >= 4 is 17.7 Å². The van der Waals surface area contributed by atoms with Crippen LogP contribution in [0.25, 0.3) is 0 Å². The van der Waals surface area contributed by atoms with E-state index in [0.29, 0.717) is 31.0 Å². The molecule has 2 fully saturated rings. The number of carbonyl (C=O) groups is 1. The van der Waals surface area contributed by atoms with Crippen LogP contribution in [0.3, 0.4) is 0 Å². The van der Waals surface area contributed by atoms with Gasteiger partial charge in [0.05, 0.1) is 30.5 Å². The number of thioether (sulfide) groups is 1. The average Bonchev–Trinajstić information content (AvgIpc) is 3.30. The molecule has 9 nitrogen and oxygen atoms in total. The number of ether oxygens (including phenoxy) is 1. The summed E-state index contributed by atoms with van der Waals surface area (Å²) >= 11 is 1.40. The van der Waals surface area contributed by atoms with Crippen molar-refractivity contribution in [2.24, 2.45) is 0 Å². The minimum atomic E-state index is -0.285. The Hall–Kier alpha value is -1.91. The predicted molar refractivity (Wildman–Crippen MR) is 103 cm³/mol. The number of aromatic nitrogens is 4. The zero-order chi connectivity index (χ0) is 19.5. The standard InChI is InChI=1S/C18H26N6O3S/c1-12-3-6-16(27-12)15(23-7-9-26-10-8-23)11-19-17(25)13(2)28-18-20-21-22-24(18)14-4-5-14/h3,6,13-15H,4-5,7-11H2,1-2H3,(H,19,25). The third-order valence-corrected chi connectivity index (χ3v) is 6.10. The molecule has 1 amide bonds. The summed E-state index contributed by atoms with van der Waals surface area (Å²) in [6.45, 7) is 7.33. The molecule has 0 bridgehead atoms. The van der Waals surface area contributed by atoms with Crippen molar-refractivity contribution < 1.29 is 13.9 Å². The van der Waals surface area contributed by atoms with E-state index in [1.807, 2.05) is 30.7 Å². The molecule has 10 heteroatoms. The Morgan fingerprint density at radius 1 is 1.36 bits per heavy atom. The number of tetrazole rings is 1. The summed E-state index contributed by atoms with van der Waals surface area (Å²) in [5.74, 6) is 1.71. The van der Waals surface area contributed by atoms with Gasteiger partial charge in [0.2, 0.25) is 11.1 Å². The monoisotopic (exact) mass is 406 g/mol. The number of morpholine rings is 1. The first kappa shape index (κ1) is 19.4. The summed E-state index contributed by atoms with van der Waals surface area (Å²) in [6.07, 6.45) is 2.20. The molecule has 1 saturated carbocycles. The maximum atomic E-state index is 12.7. The maximum absolute atomic E-state index is 12.7. The van der Waals surface area contributed by atoms with Crippen molar-refractivity contribution in [3.63, 3.8) is 0 Å². The van der Waals surface area contributed by atoms with E-state index in [1.54, 1.807) is 0 Å². The lowest BCUT2D eigenvalue weighted by molar-refractivity contribution is -0.120. The summed E-state index contributed by atoms with van der Waals surface area (Å²) in [4.78, 5) is 15.0. The molecule has 4 rings (SSSR count). The Bertz CT molecular complexity index is 799. The summed E-state index contributed by atoms with van der Waals surface area (Å²) in [5.41, 5.74) is 0. The molecule has 3 heterocycles. The van der Waals surface area contributed by atoms with Crippen LogP contribution < -0.4 is 5.32 Å². The zero-order valence-corrected chi connectivity index (χ0v) is 17.0. The first-order valence-electron chi connectivity index (χ1n) is 9.72. The van der Waals surface area contributed by atoms with E-state index in [9.17, 15) is 4.79 Å². The van der Waals surface area contributed by atoms with Gasteiger partial charge in [-0.25, -0.2) is 4.68 Å². The van der Waals surface area contributed by atoms with Crippen molar-refractivity contribution in [1.82, 2.24) is 30.4 Å². The number of nitrogens with zero attached hydrogens (tertiary/aromatic N) is 5. The third-order valence-electron chi connectivity index (χ3n) is 5.05. The molecule has 1 N–H and O–H groups in total.